The molecule has 0 spiro atoms. The van der Waals surface area contributed by atoms with Crippen LogP contribution in [0.2, 0.25) is 0 Å². The van der Waals surface area contributed by atoms with Crippen LogP contribution in [0.25, 0.3) is 0 Å². The lowest BCUT2D eigenvalue weighted by molar-refractivity contribution is -0.142. The molecule has 4 heteroatoms. The molecule has 0 fully saturated rings. The summed E-state index contributed by atoms with van der Waals surface area (Å²) >= 11 is 0. The van der Waals surface area contributed by atoms with Gasteiger partial charge in [-0.25, -0.2) is 4.79 Å². The Kier molecular flexibility index (Phi) is 3.46. The third kappa shape index (κ3) is 2.48. The number of rotatable bonds is 3. The normalized spacial score (nSPS) is 13.5. The molecular formula is C6H12N2O2. The fourth-order valence-electron chi connectivity index (χ4n) is 0.442. The number of hydrogen-bond acceptors (Lipinski definition) is 3. The van der Waals surface area contributed by atoms with Gasteiger partial charge in [-0.1, -0.05) is 0 Å². The maximum Gasteiger partial charge on any atom is 0.327 e. The van der Waals surface area contributed by atoms with Gasteiger partial charge in [-0.2, -0.15) is 5.10 Å². The zero-order chi connectivity index (χ0) is 8.15. The van der Waals surface area contributed by atoms with Gasteiger partial charge in [-0.3, -0.25) is 5.01 Å². The van der Waals surface area contributed by atoms with Crippen molar-refractivity contribution < 1.29 is 9.90 Å². The van der Waals surface area contributed by atoms with Gasteiger partial charge in [0.05, 0.1) is 0 Å². The van der Waals surface area contributed by atoms with Crippen molar-refractivity contribution in [2.24, 2.45) is 5.10 Å². The highest BCUT2D eigenvalue weighted by atomic mass is 16.4. The van der Waals surface area contributed by atoms with Gasteiger partial charge in [0, 0.05) is 13.3 Å². The second-order valence-corrected chi connectivity index (χ2v) is 1.96. The summed E-state index contributed by atoms with van der Waals surface area (Å²) in [5.41, 5.74) is 0. The van der Waals surface area contributed by atoms with Crippen molar-refractivity contribution in [1.82, 2.24) is 5.01 Å². The summed E-state index contributed by atoms with van der Waals surface area (Å²) in [6.45, 7) is 3.32. The van der Waals surface area contributed by atoms with Gasteiger partial charge in [-0.15, -0.1) is 0 Å². The molecule has 0 aromatic heterocycles. The van der Waals surface area contributed by atoms with E-state index in [-0.39, 0.29) is 0 Å². The number of likely N-dealkylation sites (N-methyl/N-ethyl adjacent to an activating group) is 1. The molecule has 0 saturated heterocycles. The van der Waals surface area contributed by atoms with Crippen LogP contribution in [-0.2, 0) is 4.79 Å². The minimum Gasteiger partial charge on any atom is -0.480 e. The Balaban J connectivity index is 3.93. The Morgan fingerprint density at radius 2 is 2.30 bits per heavy atom. The molecule has 0 aromatic carbocycles. The summed E-state index contributed by atoms with van der Waals surface area (Å²) in [5.74, 6) is -0.867. The van der Waals surface area contributed by atoms with E-state index in [4.69, 9.17) is 5.11 Å². The smallest absolute Gasteiger partial charge is 0.327 e. The molecule has 4 nitrogen and oxygen atoms in total. The Hall–Kier alpha value is -1.06. The van der Waals surface area contributed by atoms with Crippen molar-refractivity contribution in [2.75, 3.05) is 7.05 Å². The molecule has 10 heavy (non-hydrogen) atoms. The summed E-state index contributed by atoms with van der Waals surface area (Å²) in [6, 6.07) is -0.559. The number of aliphatic carboxylic acids is 1. The van der Waals surface area contributed by atoms with Crippen molar-refractivity contribution in [1.29, 1.82) is 0 Å². The first kappa shape index (κ1) is 8.94. The van der Waals surface area contributed by atoms with E-state index < -0.39 is 12.0 Å². The number of carboxylic acids is 1. The molecule has 0 rings (SSSR count). The fourth-order valence-corrected chi connectivity index (χ4v) is 0.442. The summed E-state index contributed by atoms with van der Waals surface area (Å²) in [7, 11) is 1.62. The lowest BCUT2D eigenvalue weighted by Crippen LogP contribution is -2.31. The highest BCUT2D eigenvalue weighted by molar-refractivity contribution is 5.72. The summed E-state index contributed by atoms with van der Waals surface area (Å²) in [5, 5.41) is 13.6. The van der Waals surface area contributed by atoms with Gasteiger partial charge >= 0.3 is 5.97 Å². The maximum atomic E-state index is 10.3. The average Bonchev–Trinajstić information content (AvgIpc) is 1.87. The van der Waals surface area contributed by atoms with E-state index in [0.29, 0.717) is 0 Å². The molecule has 0 radical (unpaired) electrons. The van der Waals surface area contributed by atoms with E-state index in [1.54, 1.807) is 27.1 Å². The zero-order valence-corrected chi connectivity index (χ0v) is 6.40. The van der Waals surface area contributed by atoms with Crippen molar-refractivity contribution in [3.63, 3.8) is 0 Å². The SMILES string of the molecule is C/C=N\N(C)C(C)C(=O)O. The minimum atomic E-state index is -0.867. The molecule has 1 unspecified atom stereocenters. The predicted molar refractivity (Wildman–Crippen MR) is 39.0 cm³/mol. The van der Waals surface area contributed by atoms with Crippen molar-refractivity contribution in [3.8, 4) is 0 Å². The van der Waals surface area contributed by atoms with Crippen molar-refractivity contribution >= 4 is 12.2 Å². The lowest BCUT2D eigenvalue weighted by Gasteiger charge is -2.16. The molecule has 0 aliphatic heterocycles. The summed E-state index contributed by atoms with van der Waals surface area (Å²) < 4.78 is 0. The second kappa shape index (κ2) is 3.87. The van der Waals surface area contributed by atoms with Crippen LogP contribution >= 0.6 is 0 Å². The fraction of sp³-hybridized carbons (Fsp3) is 0.667. The van der Waals surface area contributed by atoms with Gasteiger partial charge in [0.25, 0.3) is 0 Å². The predicted octanol–water partition coefficient (Wildman–Crippen LogP) is 0.397. The maximum absolute atomic E-state index is 10.3. The highest BCUT2D eigenvalue weighted by Gasteiger charge is 2.13. The first-order valence-electron chi connectivity index (χ1n) is 3.03. The van der Waals surface area contributed by atoms with E-state index in [0.717, 1.165) is 0 Å². The van der Waals surface area contributed by atoms with Crippen LogP contribution in [-0.4, -0.2) is 35.4 Å². The molecule has 58 valence electrons. The number of hydrazone groups is 1. The largest absolute Gasteiger partial charge is 0.480 e. The molecule has 0 saturated carbocycles. The number of hydrogen-bond donors (Lipinski definition) is 1. The summed E-state index contributed by atoms with van der Waals surface area (Å²) in [6.07, 6.45) is 1.56. The first-order chi connectivity index (χ1) is 4.59. The van der Waals surface area contributed by atoms with Crippen LogP contribution in [0, 0.1) is 0 Å². The highest BCUT2D eigenvalue weighted by Crippen LogP contribution is 1.94. The van der Waals surface area contributed by atoms with Gasteiger partial charge in [0.2, 0.25) is 0 Å². The molecule has 0 bridgehead atoms. The van der Waals surface area contributed by atoms with Gasteiger partial charge in [0.15, 0.2) is 0 Å². The van der Waals surface area contributed by atoms with Crippen molar-refractivity contribution in [3.05, 3.63) is 0 Å². The third-order valence-electron chi connectivity index (χ3n) is 1.22. The number of carboxylic acid groups (broad SMARTS) is 1. The Morgan fingerprint density at radius 3 is 2.60 bits per heavy atom. The van der Waals surface area contributed by atoms with Crippen molar-refractivity contribution in [2.45, 2.75) is 19.9 Å². The monoisotopic (exact) mass is 144 g/mol. The van der Waals surface area contributed by atoms with Crippen LogP contribution in [0.5, 0.6) is 0 Å². The molecule has 0 heterocycles. The molecule has 0 aliphatic carbocycles. The van der Waals surface area contributed by atoms with E-state index >= 15 is 0 Å². The topological polar surface area (TPSA) is 52.9 Å². The third-order valence-corrected chi connectivity index (χ3v) is 1.22. The first-order valence-corrected chi connectivity index (χ1v) is 3.03. The summed E-state index contributed by atoms with van der Waals surface area (Å²) in [4.78, 5) is 10.3. The van der Waals surface area contributed by atoms with Gasteiger partial charge < -0.3 is 5.11 Å². The van der Waals surface area contributed by atoms with Crippen LogP contribution in [0.3, 0.4) is 0 Å². The van der Waals surface area contributed by atoms with Gasteiger partial charge in [0.1, 0.15) is 6.04 Å². The molecule has 0 aromatic rings. The molecular weight excluding hydrogens is 132 g/mol. The molecule has 1 atom stereocenters. The van der Waals surface area contributed by atoms with E-state index in [2.05, 4.69) is 5.10 Å². The van der Waals surface area contributed by atoms with Gasteiger partial charge in [-0.05, 0) is 13.8 Å². The molecule has 0 amide bonds. The molecule has 0 aliphatic rings. The van der Waals surface area contributed by atoms with E-state index in [1.807, 2.05) is 0 Å². The Morgan fingerprint density at radius 1 is 1.80 bits per heavy atom. The second-order valence-electron chi connectivity index (χ2n) is 1.96. The number of carbonyl (C=O) groups is 1. The number of nitrogens with zero attached hydrogens (tertiary/aromatic N) is 2. The van der Waals surface area contributed by atoms with Crippen LogP contribution in [0.15, 0.2) is 5.10 Å². The Labute approximate surface area is 60.1 Å². The Bertz CT molecular complexity index is 145. The van der Waals surface area contributed by atoms with Crippen LogP contribution in [0.1, 0.15) is 13.8 Å². The molecule has 1 N–H and O–H groups in total. The van der Waals surface area contributed by atoms with E-state index in [9.17, 15) is 4.79 Å². The van der Waals surface area contributed by atoms with E-state index in [1.165, 1.54) is 5.01 Å². The quantitative estimate of drug-likeness (QED) is 0.460. The van der Waals surface area contributed by atoms with Crippen LogP contribution in [0.4, 0.5) is 0 Å². The zero-order valence-electron chi connectivity index (χ0n) is 6.40. The van der Waals surface area contributed by atoms with Crippen LogP contribution < -0.4 is 0 Å². The lowest BCUT2D eigenvalue weighted by atomic mass is 10.3. The standard InChI is InChI=1S/C6H12N2O2/c1-4-7-8(3)5(2)6(9)10/h4-5H,1-3H3,(H,9,10)/b7-4-. The minimum absolute atomic E-state index is 0.559. The average molecular weight is 144 g/mol.